The van der Waals surface area contributed by atoms with E-state index in [1.165, 1.54) is 57.8 Å². The first-order valence-electron chi connectivity index (χ1n) is 12.1. The highest BCUT2D eigenvalue weighted by molar-refractivity contribution is 5.69. The molecule has 0 rings (SSSR count). The molecular weight excluding hydrogens is 364 g/mol. The maximum absolute atomic E-state index is 11.3. The van der Waals surface area contributed by atoms with Crippen LogP contribution in [0.15, 0.2) is 0 Å². The van der Waals surface area contributed by atoms with Crippen LogP contribution in [0.3, 0.4) is 0 Å². The van der Waals surface area contributed by atoms with Crippen molar-refractivity contribution in [3.8, 4) is 12.3 Å². The summed E-state index contributed by atoms with van der Waals surface area (Å²) in [4.78, 5) is 11.3. The van der Waals surface area contributed by atoms with Crippen molar-refractivity contribution in [2.45, 2.75) is 135 Å². The number of aliphatic hydroxyl groups excluding tert-OH is 2. The van der Waals surface area contributed by atoms with Gasteiger partial charge in [-0.05, 0) is 19.3 Å². The van der Waals surface area contributed by atoms with Crippen LogP contribution in [0.1, 0.15) is 122 Å². The van der Waals surface area contributed by atoms with E-state index in [9.17, 15) is 15.0 Å². The summed E-state index contributed by atoms with van der Waals surface area (Å²) in [5.41, 5.74) is 0. The van der Waals surface area contributed by atoms with Crippen molar-refractivity contribution in [3.63, 3.8) is 0 Å². The molecule has 0 heterocycles. The van der Waals surface area contributed by atoms with E-state index in [1.54, 1.807) is 0 Å². The molecule has 0 aliphatic heterocycles. The van der Waals surface area contributed by atoms with Gasteiger partial charge < -0.3 is 14.9 Å². The summed E-state index contributed by atoms with van der Waals surface area (Å²) in [5.74, 6) is 2.10. The van der Waals surface area contributed by atoms with Gasteiger partial charge in [-0.25, -0.2) is 0 Å². The summed E-state index contributed by atoms with van der Waals surface area (Å²) in [5, 5.41) is 20.1. The summed E-state index contributed by atoms with van der Waals surface area (Å²) in [7, 11) is 0. The van der Waals surface area contributed by atoms with E-state index in [2.05, 4.69) is 12.8 Å². The fraction of sp³-hybridized carbons (Fsp3) is 0.880. The highest BCUT2D eigenvalue weighted by atomic mass is 16.5. The molecular formula is C25H46O4. The lowest BCUT2D eigenvalue weighted by atomic mass is 9.99. The highest BCUT2D eigenvalue weighted by Crippen LogP contribution is 2.16. The normalized spacial score (nSPS) is 13.0. The Bertz CT molecular complexity index is 402. The van der Waals surface area contributed by atoms with Crippen molar-refractivity contribution in [2.75, 3.05) is 6.61 Å². The predicted octanol–water partition coefficient (Wildman–Crippen LogP) is 5.93. The molecule has 0 aromatic rings. The number of carbonyl (C=O) groups excluding carboxylic acids is 1. The number of hydrogen-bond donors (Lipinski definition) is 2. The van der Waals surface area contributed by atoms with E-state index in [-0.39, 0.29) is 12.6 Å². The second-order valence-corrected chi connectivity index (χ2v) is 8.28. The molecule has 4 heteroatoms. The van der Waals surface area contributed by atoms with Crippen LogP contribution in [0, 0.1) is 12.3 Å². The average molecular weight is 411 g/mol. The predicted molar refractivity (Wildman–Crippen MR) is 121 cm³/mol. The molecule has 0 aromatic carbocycles. The zero-order valence-corrected chi connectivity index (χ0v) is 18.9. The number of esters is 1. The van der Waals surface area contributed by atoms with E-state index < -0.39 is 12.2 Å². The molecule has 0 bridgehead atoms. The van der Waals surface area contributed by atoms with Crippen LogP contribution in [0.5, 0.6) is 0 Å². The second kappa shape index (κ2) is 21.7. The first-order chi connectivity index (χ1) is 14.1. The summed E-state index contributed by atoms with van der Waals surface area (Å²) >= 11 is 0. The molecule has 0 aliphatic carbocycles. The van der Waals surface area contributed by atoms with Crippen molar-refractivity contribution in [1.29, 1.82) is 0 Å². The third kappa shape index (κ3) is 20.0. The van der Waals surface area contributed by atoms with Crippen LogP contribution in [0.2, 0.25) is 0 Å². The molecule has 0 saturated heterocycles. The van der Waals surface area contributed by atoms with Crippen LogP contribution in [-0.4, -0.2) is 35.0 Å². The summed E-state index contributed by atoms with van der Waals surface area (Å²) in [6.07, 6.45) is 23.2. The molecule has 0 saturated carbocycles. The van der Waals surface area contributed by atoms with Crippen LogP contribution in [-0.2, 0) is 9.53 Å². The zero-order valence-electron chi connectivity index (χ0n) is 18.9. The van der Waals surface area contributed by atoms with Gasteiger partial charge >= 0.3 is 5.97 Å². The SMILES string of the molecule is C#CCOC(=O)CCCCCCCCCCCC(O)C(O)CCCCCCCC. The van der Waals surface area contributed by atoms with Gasteiger partial charge in [0, 0.05) is 6.42 Å². The number of aliphatic hydroxyl groups is 2. The van der Waals surface area contributed by atoms with Gasteiger partial charge in [-0.1, -0.05) is 103 Å². The molecule has 0 fully saturated rings. The molecule has 2 N–H and O–H groups in total. The number of rotatable bonds is 21. The van der Waals surface area contributed by atoms with Gasteiger partial charge in [-0.15, -0.1) is 6.42 Å². The molecule has 29 heavy (non-hydrogen) atoms. The lowest BCUT2D eigenvalue weighted by Gasteiger charge is -2.17. The zero-order chi connectivity index (χ0) is 21.6. The maximum atomic E-state index is 11.3. The fourth-order valence-electron chi connectivity index (χ4n) is 3.57. The fourth-order valence-corrected chi connectivity index (χ4v) is 3.57. The number of unbranched alkanes of at least 4 members (excludes halogenated alkanes) is 13. The Hall–Kier alpha value is -1.05. The maximum Gasteiger partial charge on any atom is 0.306 e. The van der Waals surface area contributed by atoms with E-state index in [1.807, 2.05) is 0 Å². The first-order valence-corrected chi connectivity index (χ1v) is 12.1. The van der Waals surface area contributed by atoms with Gasteiger partial charge in [-0.3, -0.25) is 4.79 Å². The smallest absolute Gasteiger partial charge is 0.306 e. The molecule has 170 valence electrons. The standard InChI is InChI=1S/C25H46O4/c1-3-5-6-7-13-16-19-23(26)24(27)20-17-14-11-9-8-10-12-15-18-21-25(28)29-22-4-2/h2,23-24,26-27H,3,5-22H2,1H3. The Balaban J connectivity index is 3.34. The summed E-state index contributed by atoms with van der Waals surface area (Å²) in [6.45, 7) is 2.29. The van der Waals surface area contributed by atoms with Crippen LogP contribution < -0.4 is 0 Å². The topological polar surface area (TPSA) is 66.8 Å². The van der Waals surface area contributed by atoms with Gasteiger partial charge in [0.25, 0.3) is 0 Å². The van der Waals surface area contributed by atoms with Gasteiger partial charge in [0.15, 0.2) is 6.61 Å². The van der Waals surface area contributed by atoms with Crippen molar-refractivity contribution >= 4 is 5.97 Å². The van der Waals surface area contributed by atoms with Crippen LogP contribution >= 0.6 is 0 Å². The first kappa shape index (κ1) is 27.9. The molecule has 4 nitrogen and oxygen atoms in total. The number of terminal acetylenes is 1. The van der Waals surface area contributed by atoms with Crippen LogP contribution in [0.25, 0.3) is 0 Å². The third-order valence-corrected chi connectivity index (χ3v) is 5.49. The van der Waals surface area contributed by atoms with Gasteiger partial charge in [-0.2, -0.15) is 0 Å². The van der Waals surface area contributed by atoms with Crippen molar-refractivity contribution in [1.82, 2.24) is 0 Å². The van der Waals surface area contributed by atoms with E-state index in [0.29, 0.717) is 12.8 Å². The van der Waals surface area contributed by atoms with E-state index >= 15 is 0 Å². The Labute approximate surface area is 179 Å². The minimum atomic E-state index is -0.557. The molecule has 2 atom stereocenters. The Morgan fingerprint density at radius 1 is 0.759 bits per heavy atom. The molecule has 0 aliphatic rings. The van der Waals surface area contributed by atoms with E-state index in [4.69, 9.17) is 11.2 Å². The highest BCUT2D eigenvalue weighted by Gasteiger charge is 2.15. The Morgan fingerprint density at radius 3 is 1.62 bits per heavy atom. The van der Waals surface area contributed by atoms with Crippen molar-refractivity contribution in [2.24, 2.45) is 0 Å². The Morgan fingerprint density at radius 2 is 1.17 bits per heavy atom. The minimum Gasteiger partial charge on any atom is -0.452 e. The molecule has 2 unspecified atom stereocenters. The van der Waals surface area contributed by atoms with Gasteiger partial charge in [0.1, 0.15) is 0 Å². The van der Waals surface area contributed by atoms with E-state index in [0.717, 1.165) is 44.9 Å². The lowest BCUT2D eigenvalue weighted by Crippen LogP contribution is -2.25. The largest absolute Gasteiger partial charge is 0.452 e. The second-order valence-electron chi connectivity index (χ2n) is 8.28. The monoisotopic (exact) mass is 410 g/mol. The van der Waals surface area contributed by atoms with Crippen molar-refractivity contribution < 1.29 is 19.7 Å². The molecule has 0 spiro atoms. The number of ether oxygens (including phenoxy) is 1. The Kier molecular flexibility index (Phi) is 20.9. The minimum absolute atomic E-state index is 0.0773. The summed E-state index contributed by atoms with van der Waals surface area (Å²) < 4.78 is 4.83. The van der Waals surface area contributed by atoms with Gasteiger partial charge in [0.05, 0.1) is 12.2 Å². The van der Waals surface area contributed by atoms with Crippen molar-refractivity contribution in [3.05, 3.63) is 0 Å². The lowest BCUT2D eigenvalue weighted by molar-refractivity contribution is -0.142. The quantitative estimate of drug-likeness (QED) is 0.140. The summed E-state index contributed by atoms with van der Waals surface area (Å²) in [6, 6.07) is 0. The van der Waals surface area contributed by atoms with Crippen LogP contribution in [0.4, 0.5) is 0 Å². The molecule has 0 amide bonds. The average Bonchev–Trinajstić information content (AvgIpc) is 2.72. The molecule has 0 radical (unpaired) electrons. The number of hydrogen-bond acceptors (Lipinski definition) is 4. The number of carbonyl (C=O) groups is 1. The van der Waals surface area contributed by atoms with Gasteiger partial charge in [0.2, 0.25) is 0 Å². The molecule has 0 aromatic heterocycles. The third-order valence-electron chi connectivity index (χ3n) is 5.49.